The average Bonchev–Trinajstić information content (AvgIpc) is 2.97. The number of nitrogens with two attached hydrogens (primary N) is 2. The van der Waals surface area contributed by atoms with Gasteiger partial charge >= 0.3 is 0 Å². The highest BCUT2D eigenvalue weighted by molar-refractivity contribution is 7.19. The van der Waals surface area contributed by atoms with E-state index in [9.17, 15) is 13.6 Å². The van der Waals surface area contributed by atoms with Crippen LogP contribution in [0, 0.1) is 17.6 Å². The number of aliphatic imine (C=N–C) groups is 1. The molecule has 0 aliphatic carbocycles. The van der Waals surface area contributed by atoms with Crippen LogP contribution in [0.3, 0.4) is 0 Å². The third-order valence-corrected chi connectivity index (χ3v) is 5.70. The molecule has 0 bridgehead atoms. The second-order valence-corrected chi connectivity index (χ2v) is 8.20. The van der Waals surface area contributed by atoms with Gasteiger partial charge in [-0.05, 0) is 24.6 Å². The largest absolute Gasteiger partial charge is 0.403 e. The molecule has 0 unspecified atom stereocenters. The molecular weight excluding hydrogens is 424 g/mol. The molecule has 1 fully saturated rings. The number of amidine groups is 1. The van der Waals surface area contributed by atoms with Crippen molar-refractivity contribution in [1.82, 2.24) is 20.5 Å². The van der Waals surface area contributed by atoms with Crippen LogP contribution in [-0.2, 0) is 0 Å². The van der Waals surface area contributed by atoms with E-state index in [1.807, 2.05) is 4.90 Å². The molecule has 0 radical (unpaired) electrons. The van der Waals surface area contributed by atoms with Gasteiger partial charge in [0.2, 0.25) is 0 Å². The van der Waals surface area contributed by atoms with E-state index in [2.05, 4.69) is 27.5 Å². The number of rotatable bonds is 4. The Hall–Kier alpha value is -3.05. The van der Waals surface area contributed by atoms with Crippen LogP contribution in [-0.4, -0.2) is 54.9 Å². The number of hydrogen-bond acceptors (Lipinski definition) is 7. The van der Waals surface area contributed by atoms with Crippen molar-refractivity contribution in [3.63, 3.8) is 0 Å². The molecule has 8 nitrogen and oxygen atoms in total. The number of aromatic nitrogens is 1. The van der Waals surface area contributed by atoms with Crippen molar-refractivity contribution >= 4 is 28.1 Å². The molecule has 0 spiro atoms. The molecular formula is C20H25F2N7OS. The number of nitrogen functional groups attached to an aromatic ring is 1. The summed E-state index contributed by atoms with van der Waals surface area (Å²) in [6.45, 7) is 5.20. The Labute approximate surface area is 183 Å². The van der Waals surface area contributed by atoms with Crippen LogP contribution < -0.4 is 22.1 Å². The molecule has 31 heavy (non-hydrogen) atoms. The van der Waals surface area contributed by atoms with Crippen LogP contribution in [0.1, 0.15) is 17.4 Å². The summed E-state index contributed by atoms with van der Waals surface area (Å²) in [6, 6.07) is 3.49. The van der Waals surface area contributed by atoms with E-state index in [-0.39, 0.29) is 21.3 Å². The highest BCUT2D eigenvalue weighted by Gasteiger charge is 2.25. The number of hydrogen-bond donors (Lipinski definition) is 4. The average molecular weight is 450 g/mol. The predicted octanol–water partition coefficient (Wildman–Crippen LogP) is 1.77. The van der Waals surface area contributed by atoms with Gasteiger partial charge in [-0.25, -0.2) is 13.8 Å². The number of thiazole rings is 1. The van der Waals surface area contributed by atoms with Crippen LogP contribution >= 0.6 is 11.3 Å². The highest BCUT2D eigenvalue weighted by Crippen LogP contribution is 2.33. The van der Waals surface area contributed by atoms with Gasteiger partial charge in [-0.3, -0.25) is 9.79 Å². The molecule has 1 aromatic heterocycles. The lowest BCUT2D eigenvalue weighted by atomic mass is 10.1. The van der Waals surface area contributed by atoms with Crippen LogP contribution in [0.5, 0.6) is 0 Å². The smallest absolute Gasteiger partial charge is 0.277 e. The Morgan fingerprint density at radius 2 is 2.13 bits per heavy atom. The quantitative estimate of drug-likeness (QED) is 0.417. The van der Waals surface area contributed by atoms with Gasteiger partial charge in [0.05, 0.1) is 11.3 Å². The minimum atomic E-state index is -0.785. The van der Waals surface area contributed by atoms with E-state index in [1.165, 1.54) is 12.3 Å². The first kappa shape index (κ1) is 22.6. The summed E-state index contributed by atoms with van der Waals surface area (Å²) in [4.78, 5) is 23.3. The van der Waals surface area contributed by atoms with Crippen LogP contribution in [0.15, 0.2) is 35.1 Å². The molecule has 1 aromatic carbocycles. The lowest BCUT2D eigenvalue weighted by Gasteiger charge is -2.27. The van der Waals surface area contributed by atoms with Crippen molar-refractivity contribution in [2.75, 3.05) is 39.0 Å². The first-order valence-electron chi connectivity index (χ1n) is 9.72. The maximum absolute atomic E-state index is 14.1. The van der Waals surface area contributed by atoms with Crippen LogP contribution in [0.2, 0.25) is 0 Å². The van der Waals surface area contributed by atoms with E-state index < -0.39 is 17.5 Å². The van der Waals surface area contributed by atoms with Crippen molar-refractivity contribution in [2.45, 2.75) is 6.92 Å². The fourth-order valence-corrected chi connectivity index (χ4v) is 4.25. The zero-order chi connectivity index (χ0) is 22.5. The summed E-state index contributed by atoms with van der Waals surface area (Å²) < 4.78 is 28.2. The molecule has 1 saturated heterocycles. The Bertz CT molecular complexity index is 1000. The summed E-state index contributed by atoms with van der Waals surface area (Å²) in [6.07, 6.45) is 1.25. The number of nitrogens with one attached hydrogen (secondary N) is 2. The fourth-order valence-electron chi connectivity index (χ4n) is 3.38. The first-order valence-corrected chi connectivity index (χ1v) is 10.5. The first-order chi connectivity index (χ1) is 14.8. The lowest BCUT2D eigenvalue weighted by molar-refractivity contribution is 0.0964. The second-order valence-electron chi connectivity index (χ2n) is 7.17. The van der Waals surface area contributed by atoms with Crippen molar-refractivity contribution < 1.29 is 13.6 Å². The minimum absolute atomic E-state index is 0.0201. The molecule has 0 saturated carbocycles. The zero-order valence-corrected chi connectivity index (χ0v) is 18.1. The Balaban J connectivity index is 1.84. The number of halogens is 2. The maximum atomic E-state index is 14.1. The molecule has 1 aliphatic rings. The van der Waals surface area contributed by atoms with Crippen molar-refractivity contribution in [3.05, 3.63) is 47.4 Å². The van der Waals surface area contributed by atoms with Gasteiger partial charge < -0.3 is 27.0 Å². The number of benzene rings is 1. The molecule has 2 aromatic rings. The van der Waals surface area contributed by atoms with Gasteiger partial charge in [0.25, 0.3) is 5.91 Å². The molecule has 1 atom stereocenters. The van der Waals surface area contributed by atoms with Gasteiger partial charge in [-0.1, -0.05) is 24.3 Å². The SMILES string of the molecule is CN=C(/C(=C\N)NC(=O)c1nc(-c2c(F)cccc2F)sc1N)N1CCNC[C@@H](C)C1. The van der Waals surface area contributed by atoms with Gasteiger partial charge in [0, 0.05) is 32.9 Å². The molecule has 2 heterocycles. The number of carbonyl (C=O) groups excluding carboxylic acids is 1. The Morgan fingerprint density at radius 1 is 1.42 bits per heavy atom. The van der Waals surface area contributed by atoms with E-state index in [1.54, 1.807) is 7.05 Å². The number of nitrogens with zero attached hydrogens (tertiary/aromatic N) is 3. The summed E-state index contributed by atoms with van der Waals surface area (Å²) >= 11 is 0.830. The normalized spacial score (nSPS) is 18.1. The maximum Gasteiger partial charge on any atom is 0.277 e. The van der Waals surface area contributed by atoms with Gasteiger partial charge in [-0.15, -0.1) is 0 Å². The number of anilines is 1. The fraction of sp³-hybridized carbons (Fsp3) is 0.350. The van der Waals surface area contributed by atoms with Gasteiger partial charge in [0.1, 0.15) is 27.5 Å². The molecule has 11 heteroatoms. The second kappa shape index (κ2) is 9.84. The van der Waals surface area contributed by atoms with E-state index >= 15 is 0 Å². The van der Waals surface area contributed by atoms with Crippen LogP contribution in [0.25, 0.3) is 10.6 Å². The molecule has 3 rings (SSSR count). The zero-order valence-electron chi connectivity index (χ0n) is 17.3. The third-order valence-electron chi connectivity index (χ3n) is 4.80. The van der Waals surface area contributed by atoms with Crippen molar-refractivity contribution in [3.8, 4) is 10.6 Å². The lowest BCUT2D eigenvalue weighted by Crippen LogP contribution is -2.41. The van der Waals surface area contributed by atoms with E-state index in [0.717, 1.165) is 43.1 Å². The summed E-state index contributed by atoms with van der Waals surface area (Å²) in [5.74, 6) is -1.31. The van der Waals surface area contributed by atoms with Crippen molar-refractivity contribution in [2.24, 2.45) is 16.6 Å². The standard InChI is InChI=1S/C20H25F2N7OS/c1-11-9-26-6-7-29(10-11)18(25-2)14(8-23)27-19(30)16-17(24)31-20(28-16)15-12(21)4-3-5-13(15)22/h3-5,8,11,26H,6-7,9-10,23-24H2,1-2H3,(H,27,30)/b14-8+,25-18?/t11-/m1/s1. The number of amides is 1. The topological polar surface area (TPSA) is 122 Å². The molecule has 6 N–H and O–H groups in total. The van der Waals surface area contributed by atoms with Crippen molar-refractivity contribution in [1.29, 1.82) is 0 Å². The Morgan fingerprint density at radius 3 is 2.77 bits per heavy atom. The molecule has 1 amide bonds. The Kier molecular flexibility index (Phi) is 7.18. The van der Waals surface area contributed by atoms with E-state index in [0.29, 0.717) is 24.0 Å². The number of carbonyl (C=O) groups is 1. The predicted molar refractivity (Wildman–Crippen MR) is 119 cm³/mol. The summed E-state index contributed by atoms with van der Waals surface area (Å²) in [5.41, 5.74) is 11.6. The molecule has 1 aliphatic heterocycles. The monoisotopic (exact) mass is 449 g/mol. The minimum Gasteiger partial charge on any atom is -0.403 e. The van der Waals surface area contributed by atoms with Gasteiger partial charge in [-0.2, -0.15) is 0 Å². The van der Waals surface area contributed by atoms with Gasteiger partial charge in [0.15, 0.2) is 5.69 Å². The highest BCUT2D eigenvalue weighted by atomic mass is 32.1. The third kappa shape index (κ3) is 5.00. The van der Waals surface area contributed by atoms with Crippen LogP contribution in [0.4, 0.5) is 13.8 Å². The molecule has 166 valence electrons. The van der Waals surface area contributed by atoms with E-state index in [4.69, 9.17) is 11.5 Å². The summed E-state index contributed by atoms with van der Waals surface area (Å²) in [5, 5.41) is 6.04. The summed E-state index contributed by atoms with van der Waals surface area (Å²) in [7, 11) is 1.62.